The van der Waals surface area contributed by atoms with Gasteiger partial charge < -0.3 is 15.2 Å². The van der Waals surface area contributed by atoms with E-state index >= 15 is 0 Å². The fourth-order valence-corrected chi connectivity index (χ4v) is 2.63. The van der Waals surface area contributed by atoms with Gasteiger partial charge in [0.15, 0.2) is 11.5 Å². The van der Waals surface area contributed by atoms with E-state index in [9.17, 15) is 0 Å². The van der Waals surface area contributed by atoms with Crippen LogP contribution in [-0.4, -0.2) is 13.7 Å². The van der Waals surface area contributed by atoms with Crippen LogP contribution in [0.4, 0.5) is 0 Å². The summed E-state index contributed by atoms with van der Waals surface area (Å²) in [5.41, 5.74) is 8.63. The number of hydrogen-bond donors (Lipinski definition) is 1. The van der Waals surface area contributed by atoms with Crippen molar-refractivity contribution < 1.29 is 9.47 Å². The van der Waals surface area contributed by atoms with E-state index in [2.05, 4.69) is 12.1 Å². The van der Waals surface area contributed by atoms with E-state index in [0.29, 0.717) is 5.92 Å². The highest BCUT2D eigenvalue weighted by molar-refractivity contribution is 5.48. The SMILES string of the molecule is COc1c(OCC2CC2)cccc1C(N)Cc1ccccc1. The fraction of sp³-hybridized carbons (Fsp3) is 0.368. The first-order valence-electron chi connectivity index (χ1n) is 7.87. The maximum absolute atomic E-state index is 6.41. The van der Waals surface area contributed by atoms with Crippen LogP contribution in [0.1, 0.15) is 30.0 Å². The molecule has 0 bridgehead atoms. The molecule has 0 aromatic heterocycles. The number of rotatable bonds is 7. The predicted octanol–water partition coefficient (Wildman–Crippen LogP) is 3.73. The number of hydrogen-bond acceptors (Lipinski definition) is 3. The minimum Gasteiger partial charge on any atom is -0.493 e. The van der Waals surface area contributed by atoms with Crippen LogP contribution < -0.4 is 15.2 Å². The van der Waals surface area contributed by atoms with Gasteiger partial charge in [0.1, 0.15) is 0 Å². The van der Waals surface area contributed by atoms with Crippen LogP contribution in [0.25, 0.3) is 0 Å². The smallest absolute Gasteiger partial charge is 0.165 e. The Balaban J connectivity index is 1.77. The topological polar surface area (TPSA) is 44.5 Å². The highest BCUT2D eigenvalue weighted by Crippen LogP contribution is 2.37. The van der Waals surface area contributed by atoms with Gasteiger partial charge in [-0.25, -0.2) is 0 Å². The number of methoxy groups -OCH3 is 1. The van der Waals surface area contributed by atoms with Gasteiger partial charge in [-0.1, -0.05) is 42.5 Å². The van der Waals surface area contributed by atoms with Crippen molar-refractivity contribution in [3.8, 4) is 11.5 Å². The monoisotopic (exact) mass is 297 g/mol. The summed E-state index contributed by atoms with van der Waals surface area (Å²) in [5, 5.41) is 0. The molecule has 1 aliphatic rings. The van der Waals surface area contributed by atoms with Crippen LogP contribution >= 0.6 is 0 Å². The maximum Gasteiger partial charge on any atom is 0.165 e. The molecule has 1 saturated carbocycles. The molecule has 0 saturated heterocycles. The Morgan fingerprint density at radius 2 is 1.86 bits per heavy atom. The van der Waals surface area contributed by atoms with E-state index in [0.717, 1.165) is 30.1 Å². The molecule has 0 spiro atoms. The molecule has 1 aliphatic carbocycles. The first-order valence-corrected chi connectivity index (χ1v) is 7.87. The molecule has 3 rings (SSSR count). The van der Waals surface area contributed by atoms with Gasteiger partial charge in [-0.3, -0.25) is 0 Å². The fourth-order valence-electron chi connectivity index (χ4n) is 2.63. The highest BCUT2D eigenvalue weighted by atomic mass is 16.5. The zero-order valence-electron chi connectivity index (χ0n) is 13.0. The van der Waals surface area contributed by atoms with Crippen molar-refractivity contribution in [2.45, 2.75) is 25.3 Å². The van der Waals surface area contributed by atoms with Crippen LogP contribution in [0.3, 0.4) is 0 Å². The second-order valence-electron chi connectivity index (χ2n) is 5.93. The van der Waals surface area contributed by atoms with Gasteiger partial charge in [-0.2, -0.15) is 0 Å². The van der Waals surface area contributed by atoms with Gasteiger partial charge in [0.2, 0.25) is 0 Å². The molecule has 0 heterocycles. The first kappa shape index (κ1) is 14.9. The predicted molar refractivity (Wildman–Crippen MR) is 88.3 cm³/mol. The number of para-hydroxylation sites is 1. The quantitative estimate of drug-likeness (QED) is 0.847. The summed E-state index contributed by atoms with van der Waals surface area (Å²) >= 11 is 0. The lowest BCUT2D eigenvalue weighted by atomic mass is 9.98. The lowest BCUT2D eigenvalue weighted by Gasteiger charge is -2.19. The Morgan fingerprint density at radius 3 is 2.55 bits per heavy atom. The molecule has 0 amide bonds. The van der Waals surface area contributed by atoms with Crippen molar-refractivity contribution in [3.05, 3.63) is 59.7 Å². The normalized spacial score (nSPS) is 15.4. The van der Waals surface area contributed by atoms with Crippen molar-refractivity contribution in [1.29, 1.82) is 0 Å². The van der Waals surface area contributed by atoms with Crippen molar-refractivity contribution in [2.75, 3.05) is 13.7 Å². The summed E-state index contributed by atoms with van der Waals surface area (Å²) < 4.78 is 11.5. The zero-order chi connectivity index (χ0) is 15.4. The lowest BCUT2D eigenvalue weighted by Crippen LogP contribution is -2.15. The molecular weight excluding hydrogens is 274 g/mol. The Kier molecular flexibility index (Phi) is 4.64. The number of nitrogens with two attached hydrogens (primary N) is 1. The van der Waals surface area contributed by atoms with Crippen molar-refractivity contribution in [1.82, 2.24) is 0 Å². The molecule has 0 radical (unpaired) electrons. The standard InChI is InChI=1S/C19H23NO2/c1-21-19-16(17(20)12-14-6-3-2-4-7-14)8-5-9-18(19)22-13-15-10-11-15/h2-9,15,17H,10-13,20H2,1H3. The molecule has 3 nitrogen and oxygen atoms in total. The molecule has 22 heavy (non-hydrogen) atoms. The Labute approximate surface area is 132 Å². The summed E-state index contributed by atoms with van der Waals surface area (Å²) in [6.07, 6.45) is 3.33. The van der Waals surface area contributed by atoms with Gasteiger partial charge in [0, 0.05) is 11.6 Å². The van der Waals surface area contributed by atoms with Crippen molar-refractivity contribution >= 4 is 0 Å². The molecule has 1 unspecified atom stereocenters. The Bertz CT molecular complexity index is 608. The number of ether oxygens (including phenoxy) is 2. The summed E-state index contributed by atoms with van der Waals surface area (Å²) in [4.78, 5) is 0. The molecule has 2 aromatic carbocycles. The van der Waals surface area contributed by atoms with Crippen LogP contribution in [-0.2, 0) is 6.42 Å². The zero-order valence-corrected chi connectivity index (χ0v) is 13.0. The molecule has 2 N–H and O–H groups in total. The minimum absolute atomic E-state index is 0.109. The third kappa shape index (κ3) is 3.60. The van der Waals surface area contributed by atoms with Crippen LogP contribution in [0, 0.1) is 5.92 Å². The van der Waals surface area contributed by atoms with Crippen LogP contribution in [0.5, 0.6) is 11.5 Å². The van der Waals surface area contributed by atoms with Gasteiger partial charge in [-0.05, 0) is 36.8 Å². The average Bonchev–Trinajstić information content (AvgIpc) is 3.37. The van der Waals surface area contributed by atoms with E-state index in [1.54, 1.807) is 7.11 Å². The third-order valence-electron chi connectivity index (χ3n) is 4.08. The average molecular weight is 297 g/mol. The lowest BCUT2D eigenvalue weighted by molar-refractivity contribution is 0.278. The molecule has 1 fully saturated rings. The Morgan fingerprint density at radius 1 is 1.09 bits per heavy atom. The first-order chi connectivity index (χ1) is 10.8. The summed E-state index contributed by atoms with van der Waals surface area (Å²) in [6.45, 7) is 0.772. The molecule has 2 aromatic rings. The van der Waals surface area contributed by atoms with Crippen LogP contribution in [0.15, 0.2) is 48.5 Å². The van der Waals surface area contributed by atoms with Crippen molar-refractivity contribution in [2.24, 2.45) is 11.7 Å². The van der Waals surface area contributed by atoms with Crippen LogP contribution in [0.2, 0.25) is 0 Å². The Hall–Kier alpha value is -2.00. The molecule has 3 heteroatoms. The highest BCUT2D eigenvalue weighted by Gasteiger charge is 2.23. The maximum atomic E-state index is 6.41. The van der Waals surface area contributed by atoms with E-state index in [1.165, 1.54) is 18.4 Å². The van der Waals surface area contributed by atoms with E-state index in [4.69, 9.17) is 15.2 Å². The minimum atomic E-state index is -0.109. The van der Waals surface area contributed by atoms with E-state index in [1.807, 2.05) is 36.4 Å². The largest absolute Gasteiger partial charge is 0.493 e. The summed E-state index contributed by atoms with van der Waals surface area (Å²) in [6, 6.07) is 16.1. The van der Waals surface area contributed by atoms with Gasteiger partial charge >= 0.3 is 0 Å². The van der Waals surface area contributed by atoms with Gasteiger partial charge in [0.25, 0.3) is 0 Å². The van der Waals surface area contributed by atoms with Gasteiger partial charge in [-0.15, -0.1) is 0 Å². The molecule has 116 valence electrons. The number of benzene rings is 2. The third-order valence-corrected chi connectivity index (χ3v) is 4.08. The molecular formula is C19H23NO2. The van der Waals surface area contributed by atoms with E-state index < -0.39 is 0 Å². The second-order valence-corrected chi connectivity index (χ2v) is 5.93. The molecule has 0 aliphatic heterocycles. The summed E-state index contributed by atoms with van der Waals surface area (Å²) in [5.74, 6) is 2.29. The van der Waals surface area contributed by atoms with E-state index in [-0.39, 0.29) is 6.04 Å². The van der Waals surface area contributed by atoms with Gasteiger partial charge in [0.05, 0.1) is 13.7 Å². The summed E-state index contributed by atoms with van der Waals surface area (Å²) in [7, 11) is 1.68. The second kappa shape index (κ2) is 6.84. The van der Waals surface area contributed by atoms with Crippen molar-refractivity contribution in [3.63, 3.8) is 0 Å². The molecule has 1 atom stereocenters.